The lowest BCUT2D eigenvalue weighted by Gasteiger charge is -2.32. The van der Waals surface area contributed by atoms with Crippen LogP contribution in [0.2, 0.25) is 0 Å². The molecule has 0 radical (unpaired) electrons. The molecule has 0 spiro atoms. The Morgan fingerprint density at radius 3 is 1.33 bits per heavy atom. The number of hydrogen-bond acceptors (Lipinski definition) is 10. The lowest BCUT2D eigenvalue weighted by Crippen LogP contribution is -2.56. The third-order valence-corrected chi connectivity index (χ3v) is 15.5. The van der Waals surface area contributed by atoms with E-state index in [1.807, 2.05) is 84.9 Å². The summed E-state index contributed by atoms with van der Waals surface area (Å²) in [4.78, 5) is 85.8. The normalized spacial score (nSPS) is 20.6. The molecule has 16 heteroatoms. The second-order valence-corrected chi connectivity index (χ2v) is 20.6. The first kappa shape index (κ1) is 55.2. The summed E-state index contributed by atoms with van der Waals surface area (Å²) in [6.07, 6.45) is 12.4. The number of likely N-dealkylation sites (N-methyl/N-ethyl adjacent to an activating group) is 2. The number of benzene rings is 4. The molecule has 4 aliphatic rings. The number of aryl methyl sites for hydroxylation is 2. The molecule has 16 nitrogen and oxygen atoms in total. The molecule has 2 saturated heterocycles. The summed E-state index contributed by atoms with van der Waals surface area (Å²) in [5.74, 6) is -0.223. The fourth-order valence-electron chi connectivity index (χ4n) is 10.9. The zero-order chi connectivity index (χ0) is 53.6. The van der Waals surface area contributed by atoms with Gasteiger partial charge in [-0.15, -0.1) is 0 Å². The van der Waals surface area contributed by atoms with E-state index in [0.717, 1.165) is 60.8 Å². The molecular weight excluding hydrogens is 961 g/mol. The Labute approximate surface area is 447 Å². The van der Waals surface area contributed by atoms with Gasteiger partial charge in [-0.3, -0.25) is 28.8 Å². The molecule has 2 aliphatic heterocycles. The van der Waals surface area contributed by atoms with Gasteiger partial charge >= 0.3 is 0 Å². The molecule has 6 N–H and O–H groups in total. The van der Waals surface area contributed by atoms with E-state index >= 15 is 0 Å². The zero-order valence-electron chi connectivity index (χ0n) is 44.5. The third-order valence-electron chi connectivity index (χ3n) is 15.5. The van der Waals surface area contributed by atoms with Gasteiger partial charge in [-0.25, -0.2) is 0 Å². The van der Waals surface area contributed by atoms with Gasteiger partial charge in [0.1, 0.15) is 48.9 Å². The molecule has 4 aromatic carbocycles. The van der Waals surface area contributed by atoms with Crippen molar-refractivity contribution in [2.75, 3.05) is 40.4 Å². The highest BCUT2D eigenvalue weighted by molar-refractivity contribution is 5.95. The van der Waals surface area contributed by atoms with Gasteiger partial charge in [0.2, 0.25) is 35.4 Å². The first-order valence-corrected chi connectivity index (χ1v) is 27.3. The molecule has 4 aromatic rings. The Bertz CT molecular complexity index is 2500. The lowest BCUT2D eigenvalue weighted by atomic mass is 9.87. The average molecular weight is 1040 g/mol. The molecular formula is C60H76N8O8. The summed E-state index contributed by atoms with van der Waals surface area (Å²) in [7, 11) is 3.38. The summed E-state index contributed by atoms with van der Waals surface area (Å²) in [6.45, 7) is 4.92. The highest BCUT2D eigenvalue weighted by Gasteiger charge is 2.41. The van der Waals surface area contributed by atoms with E-state index in [9.17, 15) is 28.8 Å². The van der Waals surface area contributed by atoms with Crippen molar-refractivity contribution in [1.82, 2.24) is 41.7 Å². The van der Waals surface area contributed by atoms with Crippen LogP contribution in [0.15, 0.2) is 109 Å². The molecule has 8 atom stereocenters. The van der Waals surface area contributed by atoms with Crippen molar-refractivity contribution < 1.29 is 38.2 Å². The number of hydrogen-bond donors (Lipinski definition) is 6. The summed E-state index contributed by atoms with van der Waals surface area (Å²) in [5.41, 5.74) is 6.43. The number of carbonyl (C=O) groups excluding carboxylic acids is 6. The second-order valence-electron chi connectivity index (χ2n) is 20.6. The predicted octanol–water partition coefficient (Wildman–Crippen LogP) is 5.34. The second kappa shape index (κ2) is 26.6. The van der Waals surface area contributed by atoms with Crippen molar-refractivity contribution in [1.29, 1.82) is 0 Å². The van der Waals surface area contributed by atoms with Crippen molar-refractivity contribution in [3.63, 3.8) is 0 Å². The molecule has 2 unspecified atom stereocenters. The molecule has 2 aliphatic carbocycles. The van der Waals surface area contributed by atoms with Crippen molar-refractivity contribution in [2.24, 2.45) is 0 Å². The summed E-state index contributed by atoms with van der Waals surface area (Å²) < 4.78 is 12.0. The number of rotatable bonds is 22. The third kappa shape index (κ3) is 14.1. The van der Waals surface area contributed by atoms with E-state index < -0.39 is 36.3 Å². The first-order valence-electron chi connectivity index (χ1n) is 27.3. The average Bonchev–Trinajstić information content (AvgIpc) is 4.16. The Morgan fingerprint density at radius 2 is 0.934 bits per heavy atom. The quantitative estimate of drug-likeness (QED) is 0.0559. The van der Waals surface area contributed by atoms with Crippen LogP contribution in [0.3, 0.4) is 0 Å². The Morgan fingerprint density at radius 1 is 0.539 bits per heavy atom. The molecule has 2 fully saturated rings. The maximum absolute atomic E-state index is 14.3. The number of amides is 6. The van der Waals surface area contributed by atoms with Crippen molar-refractivity contribution in [3.8, 4) is 11.5 Å². The minimum absolute atomic E-state index is 0.0950. The largest absolute Gasteiger partial charge is 0.490 e. The van der Waals surface area contributed by atoms with E-state index in [1.165, 1.54) is 11.1 Å². The molecule has 8 rings (SSSR count). The Hall–Kier alpha value is -7.04. The van der Waals surface area contributed by atoms with E-state index in [2.05, 4.69) is 56.2 Å². The van der Waals surface area contributed by atoms with Gasteiger partial charge in [-0.1, -0.05) is 72.8 Å². The van der Waals surface area contributed by atoms with Gasteiger partial charge in [0.15, 0.2) is 0 Å². The van der Waals surface area contributed by atoms with E-state index in [4.69, 9.17) is 9.47 Å². The minimum atomic E-state index is -0.876. The van der Waals surface area contributed by atoms with Crippen LogP contribution < -0.4 is 41.4 Å². The molecule has 2 heterocycles. The van der Waals surface area contributed by atoms with Gasteiger partial charge in [0, 0.05) is 25.9 Å². The van der Waals surface area contributed by atoms with Crippen molar-refractivity contribution >= 4 is 35.4 Å². The van der Waals surface area contributed by atoms with E-state index in [0.29, 0.717) is 50.3 Å². The lowest BCUT2D eigenvalue weighted by molar-refractivity contribution is -0.141. The Balaban J connectivity index is 0.813. The van der Waals surface area contributed by atoms with Crippen LogP contribution in [0, 0.1) is 0 Å². The van der Waals surface area contributed by atoms with Crippen LogP contribution in [0.1, 0.15) is 111 Å². The number of nitrogens with zero attached hydrogens (tertiary/aromatic N) is 2. The van der Waals surface area contributed by atoms with Gasteiger partial charge in [-0.05, 0) is 162 Å². The first-order chi connectivity index (χ1) is 36.9. The molecule has 76 heavy (non-hydrogen) atoms. The van der Waals surface area contributed by atoms with Crippen LogP contribution in [0.4, 0.5) is 0 Å². The predicted molar refractivity (Wildman–Crippen MR) is 291 cm³/mol. The zero-order valence-corrected chi connectivity index (χ0v) is 44.5. The molecule has 0 bridgehead atoms. The SMILES string of the molecule is CN[C@@H](C)C(=O)NC(Cc1ccc(OC/C=C\COc2ccc(C[C@H](NC(=O)[C@H](C)NC)C(=O)N3CCCC3C(=O)N[C@@H]3CCCc4ccccc43)cc2)cc1)C(=O)N1CCC[C@H]1C(=O)N[C@@H]1CCCc2ccccc21. The van der Waals surface area contributed by atoms with Crippen LogP contribution in [0.5, 0.6) is 11.5 Å². The molecule has 0 aromatic heterocycles. The topological polar surface area (TPSA) is 200 Å². The smallest absolute Gasteiger partial charge is 0.246 e. The van der Waals surface area contributed by atoms with Gasteiger partial charge in [0.25, 0.3) is 0 Å². The number of likely N-dealkylation sites (tertiary alicyclic amines) is 2. The summed E-state index contributed by atoms with van der Waals surface area (Å²) in [5, 5.41) is 18.3. The molecule has 404 valence electrons. The van der Waals surface area contributed by atoms with E-state index in [-0.39, 0.29) is 73.6 Å². The standard InChI is InChI=1S/C60H76N8O8/c1-39(61-3)55(69)65-51(59(73)67-33-13-23-53(67)57(71)63-49-21-11-17-43-15-5-7-19-47(43)49)37-41-25-29-45(30-26-41)75-35-9-10-36-76-46-31-27-42(28-32-46)38-52(66-56(70)40(2)62-4)60(74)68-34-14-24-54(68)58(72)64-50-22-12-18-44-16-6-8-20-48(44)50/h5-10,15-16,19-20,25-32,39-40,49-54,61-62H,11-14,17-18,21-24,33-38H2,1-4H3,(H,63,71)(H,64,72)(H,65,69)(H,66,70)/b10-9-/t39-,40-,49+,50+,51-,52?,53?,54-/m0/s1. The summed E-state index contributed by atoms with van der Waals surface area (Å²) in [6, 6.07) is 27.0. The molecule has 6 amide bonds. The summed E-state index contributed by atoms with van der Waals surface area (Å²) >= 11 is 0. The monoisotopic (exact) mass is 1040 g/mol. The maximum atomic E-state index is 14.3. The highest BCUT2D eigenvalue weighted by atomic mass is 16.5. The van der Waals surface area contributed by atoms with Crippen LogP contribution in [-0.4, -0.2) is 122 Å². The Kier molecular flexibility index (Phi) is 19.3. The van der Waals surface area contributed by atoms with Gasteiger partial charge in [0.05, 0.1) is 24.2 Å². The number of ether oxygens (including phenoxy) is 2. The number of fused-ring (bicyclic) bond motifs is 2. The van der Waals surface area contributed by atoms with Crippen molar-refractivity contribution in [3.05, 3.63) is 143 Å². The van der Waals surface area contributed by atoms with Crippen LogP contribution in [-0.2, 0) is 54.5 Å². The number of nitrogens with one attached hydrogen (secondary N) is 6. The van der Waals surface area contributed by atoms with Crippen LogP contribution >= 0.6 is 0 Å². The van der Waals surface area contributed by atoms with Crippen molar-refractivity contribution in [2.45, 2.75) is 139 Å². The number of carbonyl (C=O) groups is 6. The fraction of sp³-hybridized carbons (Fsp3) is 0.467. The minimum Gasteiger partial charge on any atom is -0.490 e. The van der Waals surface area contributed by atoms with Gasteiger partial charge in [-0.2, -0.15) is 0 Å². The van der Waals surface area contributed by atoms with Gasteiger partial charge < -0.3 is 51.2 Å². The fourth-order valence-corrected chi connectivity index (χ4v) is 10.9. The highest BCUT2D eigenvalue weighted by Crippen LogP contribution is 2.32. The van der Waals surface area contributed by atoms with Crippen LogP contribution in [0.25, 0.3) is 0 Å². The maximum Gasteiger partial charge on any atom is 0.246 e. The molecule has 0 saturated carbocycles. The van der Waals surface area contributed by atoms with E-state index in [1.54, 1.807) is 37.7 Å².